The summed E-state index contributed by atoms with van der Waals surface area (Å²) in [5.74, 6) is -0.881. The fourth-order valence-electron chi connectivity index (χ4n) is 3.05. The van der Waals surface area contributed by atoms with E-state index in [2.05, 4.69) is 0 Å². The van der Waals surface area contributed by atoms with Gasteiger partial charge in [0.25, 0.3) is 0 Å². The van der Waals surface area contributed by atoms with Gasteiger partial charge in [-0.25, -0.2) is 9.59 Å². The molecule has 28 heavy (non-hydrogen) atoms. The first-order valence-electron chi connectivity index (χ1n) is 8.82. The highest BCUT2D eigenvalue weighted by Gasteiger charge is 2.22. The predicted molar refractivity (Wildman–Crippen MR) is 108 cm³/mol. The molecule has 0 aromatic heterocycles. The Kier molecular flexibility index (Phi) is 6.07. The van der Waals surface area contributed by atoms with Gasteiger partial charge < -0.3 is 14.4 Å². The highest BCUT2D eigenvalue weighted by atomic mass is 16.5. The topological polar surface area (TPSA) is 55.8 Å². The van der Waals surface area contributed by atoms with Gasteiger partial charge in [0.05, 0.1) is 36.7 Å². The Morgan fingerprint density at radius 3 is 1.57 bits per heavy atom. The molecule has 3 rings (SSSR count). The van der Waals surface area contributed by atoms with Gasteiger partial charge in [-0.05, 0) is 29.8 Å². The molecule has 0 saturated carbocycles. The minimum Gasteiger partial charge on any atom is -0.465 e. The van der Waals surface area contributed by atoms with Crippen LogP contribution in [0.2, 0.25) is 0 Å². The summed E-state index contributed by atoms with van der Waals surface area (Å²) in [6, 6.07) is 24.2. The number of nitrogens with zero attached hydrogens (tertiary/aromatic N) is 1. The van der Waals surface area contributed by atoms with Crippen LogP contribution in [0.15, 0.2) is 78.9 Å². The lowest BCUT2D eigenvalue weighted by Crippen LogP contribution is -2.22. The number of ether oxygens (including phenoxy) is 2. The molecule has 0 radical (unpaired) electrons. The van der Waals surface area contributed by atoms with Gasteiger partial charge in [0, 0.05) is 6.54 Å². The summed E-state index contributed by atoms with van der Waals surface area (Å²) in [7, 11) is 2.70. The Hall–Kier alpha value is -3.60. The maximum absolute atomic E-state index is 12.4. The molecule has 5 heteroatoms. The standard InChI is InChI=1S/C23H21NO4/c1-27-22(25)18-12-6-8-14-20(18)24(16-17-10-4-3-5-11-17)21-15-9-7-13-19(21)23(26)28-2/h3-15H,16H2,1-2H3. The lowest BCUT2D eigenvalue weighted by Gasteiger charge is -2.28. The van der Waals surface area contributed by atoms with Crippen molar-refractivity contribution in [3.05, 3.63) is 95.6 Å². The predicted octanol–water partition coefficient (Wildman–Crippen LogP) is 4.60. The van der Waals surface area contributed by atoms with Gasteiger partial charge in [-0.15, -0.1) is 0 Å². The summed E-state index contributed by atoms with van der Waals surface area (Å²) in [5, 5.41) is 0. The maximum Gasteiger partial charge on any atom is 0.339 e. The molecule has 0 heterocycles. The van der Waals surface area contributed by atoms with Crippen LogP contribution >= 0.6 is 0 Å². The molecule has 3 aromatic rings. The van der Waals surface area contributed by atoms with E-state index in [1.807, 2.05) is 59.5 Å². The molecule has 3 aromatic carbocycles. The molecule has 0 aliphatic heterocycles. The average Bonchev–Trinajstić information content (AvgIpc) is 2.77. The van der Waals surface area contributed by atoms with Crippen LogP contribution in [0.5, 0.6) is 0 Å². The van der Waals surface area contributed by atoms with E-state index in [9.17, 15) is 9.59 Å². The number of hydrogen-bond donors (Lipinski definition) is 0. The molecule has 0 aliphatic rings. The number of carbonyl (C=O) groups is 2. The quantitative estimate of drug-likeness (QED) is 0.590. The number of rotatable bonds is 6. The second kappa shape index (κ2) is 8.86. The molecular weight excluding hydrogens is 354 g/mol. The molecule has 142 valence electrons. The average molecular weight is 375 g/mol. The Labute approximate surface area is 164 Å². The molecule has 0 aliphatic carbocycles. The Morgan fingerprint density at radius 1 is 0.679 bits per heavy atom. The number of para-hydroxylation sites is 2. The number of anilines is 2. The van der Waals surface area contributed by atoms with Crippen LogP contribution in [-0.4, -0.2) is 26.2 Å². The van der Waals surface area contributed by atoms with Crippen molar-refractivity contribution in [3.63, 3.8) is 0 Å². The van der Waals surface area contributed by atoms with Crippen molar-refractivity contribution in [1.82, 2.24) is 0 Å². The molecule has 0 fully saturated rings. The van der Waals surface area contributed by atoms with Gasteiger partial charge in [0.15, 0.2) is 0 Å². The van der Waals surface area contributed by atoms with Crippen molar-refractivity contribution in [3.8, 4) is 0 Å². The van der Waals surface area contributed by atoms with Crippen molar-refractivity contribution in [2.75, 3.05) is 19.1 Å². The zero-order valence-corrected chi connectivity index (χ0v) is 15.8. The first kappa shape index (κ1) is 19.2. The summed E-state index contributed by atoms with van der Waals surface area (Å²) >= 11 is 0. The zero-order chi connectivity index (χ0) is 19.9. The first-order valence-corrected chi connectivity index (χ1v) is 8.82. The molecule has 0 amide bonds. The molecule has 0 atom stereocenters. The van der Waals surface area contributed by atoms with Gasteiger partial charge in [-0.2, -0.15) is 0 Å². The number of methoxy groups -OCH3 is 2. The number of carbonyl (C=O) groups excluding carboxylic acids is 2. The van der Waals surface area contributed by atoms with E-state index in [0.29, 0.717) is 29.0 Å². The normalized spacial score (nSPS) is 10.2. The van der Waals surface area contributed by atoms with Gasteiger partial charge in [-0.1, -0.05) is 54.6 Å². The first-order chi connectivity index (χ1) is 13.7. The van der Waals surface area contributed by atoms with E-state index in [0.717, 1.165) is 5.56 Å². The summed E-state index contributed by atoms with van der Waals surface area (Å²) in [5.41, 5.74) is 3.16. The molecule has 5 nitrogen and oxygen atoms in total. The van der Waals surface area contributed by atoms with E-state index in [1.54, 1.807) is 24.3 Å². The van der Waals surface area contributed by atoms with Crippen molar-refractivity contribution in [2.45, 2.75) is 6.54 Å². The third-order valence-electron chi connectivity index (χ3n) is 4.38. The van der Waals surface area contributed by atoms with E-state index in [4.69, 9.17) is 9.47 Å². The zero-order valence-electron chi connectivity index (χ0n) is 15.8. The fraction of sp³-hybridized carbons (Fsp3) is 0.130. The van der Waals surface area contributed by atoms with Crippen LogP contribution in [0, 0.1) is 0 Å². The lowest BCUT2D eigenvalue weighted by molar-refractivity contribution is 0.0594. The van der Waals surface area contributed by atoms with Gasteiger partial charge in [0.2, 0.25) is 0 Å². The van der Waals surface area contributed by atoms with Crippen LogP contribution in [-0.2, 0) is 16.0 Å². The molecule has 0 bridgehead atoms. The second-order valence-corrected chi connectivity index (χ2v) is 6.09. The highest BCUT2D eigenvalue weighted by Crippen LogP contribution is 2.33. The third kappa shape index (κ3) is 4.04. The van der Waals surface area contributed by atoms with E-state index in [-0.39, 0.29) is 0 Å². The number of hydrogen-bond acceptors (Lipinski definition) is 5. The van der Waals surface area contributed by atoms with E-state index >= 15 is 0 Å². The maximum atomic E-state index is 12.4. The van der Waals surface area contributed by atoms with E-state index in [1.165, 1.54) is 14.2 Å². The van der Waals surface area contributed by atoms with Crippen molar-refractivity contribution in [1.29, 1.82) is 0 Å². The molecule has 0 unspecified atom stereocenters. The Balaban J connectivity index is 2.18. The summed E-state index contributed by atoms with van der Waals surface area (Å²) in [6.07, 6.45) is 0. The molecule has 0 saturated heterocycles. The van der Waals surface area contributed by atoms with Crippen molar-refractivity contribution >= 4 is 23.3 Å². The Morgan fingerprint density at radius 2 is 1.11 bits per heavy atom. The molecule has 0 N–H and O–H groups in total. The summed E-state index contributed by atoms with van der Waals surface area (Å²) < 4.78 is 9.91. The van der Waals surface area contributed by atoms with Crippen LogP contribution in [0.1, 0.15) is 26.3 Å². The second-order valence-electron chi connectivity index (χ2n) is 6.09. The van der Waals surface area contributed by atoms with Crippen LogP contribution in [0.4, 0.5) is 11.4 Å². The van der Waals surface area contributed by atoms with Gasteiger partial charge in [0.1, 0.15) is 0 Å². The SMILES string of the molecule is COC(=O)c1ccccc1N(Cc1ccccc1)c1ccccc1C(=O)OC. The fourth-order valence-corrected chi connectivity index (χ4v) is 3.05. The highest BCUT2D eigenvalue weighted by molar-refractivity contribution is 6.00. The van der Waals surface area contributed by atoms with Crippen molar-refractivity contribution < 1.29 is 19.1 Å². The summed E-state index contributed by atoms with van der Waals surface area (Å²) in [6.45, 7) is 0.461. The monoisotopic (exact) mass is 375 g/mol. The number of esters is 2. The summed E-state index contributed by atoms with van der Waals surface area (Å²) in [4.78, 5) is 26.6. The van der Waals surface area contributed by atoms with Crippen molar-refractivity contribution in [2.24, 2.45) is 0 Å². The smallest absolute Gasteiger partial charge is 0.339 e. The lowest BCUT2D eigenvalue weighted by atomic mass is 10.1. The Bertz CT molecular complexity index is 910. The van der Waals surface area contributed by atoms with Crippen LogP contribution in [0.25, 0.3) is 0 Å². The van der Waals surface area contributed by atoms with E-state index < -0.39 is 11.9 Å². The molecular formula is C23H21NO4. The van der Waals surface area contributed by atoms with Crippen LogP contribution in [0.3, 0.4) is 0 Å². The van der Waals surface area contributed by atoms with Crippen LogP contribution < -0.4 is 4.90 Å². The third-order valence-corrected chi connectivity index (χ3v) is 4.38. The van der Waals surface area contributed by atoms with Gasteiger partial charge in [-0.3, -0.25) is 0 Å². The molecule has 0 spiro atoms. The number of benzene rings is 3. The minimum absolute atomic E-state index is 0.417. The minimum atomic E-state index is -0.441. The van der Waals surface area contributed by atoms with Gasteiger partial charge >= 0.3 is 11.9 Å². The largest absolute Gasteiger partial charge is 0.465 e.